The fraction of sp³-hybridized carbons (Fsp3) is 0.200. The fourth-order valence-electron chi connectivity index (χ4n) is 4.39. The first-order valence-electron chi connectivity index (χ1n) is 8.01. The number of benzene rings is 2. The Bertz CT molecular complexity index is 882. The minimum atomic E-state index is -0.254. The summed E-state index contributed by atoms with van der Waals surface area (Å²) in [5.41, 5.74) is 5.02. The summed E-state index contributed by atoms with van der Waals surface area (Å²) in [6, 6.07) is 17.5. The van der Waals surface area contributed by atoms with E-state index < -0.39 is 0 Å². The first kappa shape index (κ1) is 12.8. The molecular weight excluding hydrogens is 286 g/mol. The van der Waals surface area contributed by atoms with Gasteiger partial charge in [-0.3, -0.25) is 9.59 Å². The normalized spacial score (nSPS) is 25.0. The van der Waals surface area contributed by atoms with Crippen LogP contribution in [0.25, 0.3) is 5.57 Å². The fourth-order valence-corrected chi connectivity index (χ4v) is 4.39. The van der Waals surface area contributed by atoms with E-state index in [0.29, 0.717) is 11.6 Å². The van der Waals surface area contributed by atoms with Crippen LogP contribution < -0.4 is 4.90 Å². The largest absolute Gasteiger partial charge is 0.273 e. The molecular formula is C20H15NO2. The second kappa shape index (κ2) is 4.42. The van der Waals surface area contributed by atoms with E-state index in [1.54, 1.807) is 0 Å². The third-order valence-electron chi connectivity index (χ3n) is 5.31. The molecule has 2 amide bonds. The molecule has 0 spiro atoms. The third kappa shape index (κ3) is 1.59. The zero-order chi connectivity index (χ0) is 15.6. The van der Waals surface area contributed by atoms with Crippen molar-refractivity contribution in [1.29, 1.82) is 0 Å². The van der Waals surface area contributed by atoms with Crippen molar-refractivity contribution >= 4 is 23.1 Å². The monoisotopic (exact) mass is 301 g/mol. The highest BCUT2D eigenvalue weighted by Crippen LogP contribution is 2.53. The van der Waals surface area contributed by atoms with Gasteiger partial charge in [-0.2, -0.15) is 0 Å². The minimum absolute atomic E-state index is 0.0596. The lowest BCUT2D eigenvalue weighted by molar-refractivity contribution is -0.122. The van der Waals surface area contributed by atoms with Crippen LogP contribution in [0.5, 0.6) is 0 Å². The maximum Gasteiger partial charge on any atom is 0.262 e. The molecule has 112 valence electrons. The Morgan fingerprint density at radius 3 is 2.43 bits per heavy atom. The summed E-state index contributed by atoms with van der Waals surface area (Å²) in [7, 11) is 0. The third-order valence-corrected chi connectivity index (χ3v) is 5.31. The summed E-state index contributed by atoms with van der Waals surface area (Å²) < 4.78 is 0. The number of hydrogen-bond donors (Lipinski definition) is 0. The SMILES string of the molecule is O=C1C2=C3c4ccccc4C[C@H]3C[C@H]2C(=O)N1c1ccccc1. The quantitative estimate of drug-likeness (QED) is 0.759. The van der Waals surface area contributed by atoms with Crippen molar-refractivity contribution in [2.75, 3.05) is 4.90 Å². The van der Waals surface area contributed by atoms with Crippen LogP contribution in [0.15, 0.2) is 60.2 Å². The summed E-state index contributed by atoms with van der Waals surface area (Å²) in [5.74, 6) is -0.106. The zero-order valence-electron chi connectivity index (χ0n) is 12.5. The Hall–Kier alpha value is -2.68. The highest BCUT2D eigenvalue weighted by Gasteiger charge is 2.52. The van der Waals surface area contributed by atoms with Gasteiger partial charge in [-0.15, -0.1) is 0 Å². The topological polar surface area (TPSA) is 37.4 Å². The molecule has 2 aromatic rings. The Labute approximate surface area is 134 Å². The molecule has 1 fully saturated rings. The van der Waals surface area contributed by atoms with Crippen molar-refractivity contribution in [3.05, 3.63) is 71.3 Å². The lowest BCUT2D eigenvalue weighted by atomic mass is 9.98. The van der Waals surface area contributed by atoms with Gasteiger partial charge in [0.1, 0.15) is 0 Å². The van der Waals surface area contributed by atoms with Gasteiger partial charge >= 0.3 is 0 Å². The molecule has 1 saturated heterocycles. The van der Waals surface area contributed by atoms with Crippen LogP contribution >= 0.6 is 0 Å². The number of rotatable bonds is 1. The van der Waals surface area contributed by atoms with Gasteiger partial charge in [0.2, 0.25) is 5.91 Å². The van der Waals surface area contributed by atoms with Crippen LogP contribution in [0.4, 0.5) is 5.69 Å². The number of fused-ring (bicyclic) bond motifs is 4. The lowest BCUT2D eigenvalue weighted by Gasteiger charge is -2.16. The Balaban J connectivity index is 1.68. The molecule has 1 heterocycles. The van der Waals surface area contributed by atoms with Crippen LogP contribution in [0.2, 0.25) is 0 Å². The molecule has 3 nitrogen and oxygen atoms in total. The van der Waals surface area contributed by atoms with E-state index in [1.807, 2.05) is 42.5 Å². The molecule has 3 aliphatic rings. The van der Waals surface area contributed by atoms with E-state index in [0.717, 1.165) is 24.0 Å². The number of carbonyl (C=O) groups excluding carboxylic acids is 2. The summed E-state index contributed by atoms with van der Waals surface area (Å²) in [4.78, 5) is 27.2. The molecule has 0 radical (unpaired) electrons. The minimum Gasteiger partial charge on any atom is -0.273 e. The van der Waals surface area contributed by atoms with Crippen molar-refractivity contribution in [2.24, 2.45) is 11.8 Å². The number of imide groups is 1. The predicted octanol–water partition coefficient (Wildman–Crippen LogP) is 3.21. The molecule has 1 aliphatic heterocycles. The van der Waals surface area contributed by atoms with E-state index in [9.17, 15) is 9.59 Å². The van der Waals surface area contributed by atoms with Crippen LogP contribution in [0.3, 0.4) is 0 Å². The van der Waals surface area contributed by atoms with Gasteiger partial charge < -0.3 is 0 Å². The van der Waals surface area contributed by atoms with Crippen LogP contribution in [0.1, 0.15) is 17.5 Å². The lowest BCUT2D eigenvalue weighted by Crippen LogP contribution is -2.31. The zero-order valence-corrected chi connectivity index (χ0v) is 12.5. The molecule has 0 bridgehead atoms. The van der Waals surface area contributed by atoms with Crippen LogP contribution in [0, 0.1) is 11.8 Å². The Kier molecular flexibility index (Phi) is 2.46. The number of allylic oxidation sites excluding steroid dienone is 1. The van der Waals surface area contributed by atoms with Crippen molar-refractivity contribution in [3.8, 4) is 0 Å². The molecule has 2 atom stereocenters. The van der Waals surface area contributed by atoms with Crippen LogP contribution in [-0.2, 0) is 16.0 Å². The van der Waals surface area contributed by atoms with Gasteiger partial charge in [0.05, 0.1) is 11.6 Å². The molecule has 3 heteroatoms. The number of para-hydroxylation sites is 1. The van der Waals surface area contributed by atoms with Gasteiger partial charge in [0.15, 0.2) is 0 Å². The Morgan fingerprint density at radius 1 is 0.870 bits per heavy atom. The molecule has 5 rings (SSSR count). The van der Waals surface area contributed by atoms with E-state index in [4.69, 9.17) is 0 Å². The number of nitrogens with zero attached hydrogens (tertiary/aromatic N) is 1. The summed E-state index contributed by atoms with van der Waals surface area (Å²) in [5, 5.41) is 0. The first-order chi connectivity index (χ1) is 11.3. The van der Waals surface area contributed by atoms with E-state index >= 15 is 0 Å². The first-order valence-corrected chi connectivity index (χ1v) is 8.01. The predicted molar refractivity (Wildman–Crippen MR) is 87.6 cm³/mol. The summed E-state index contributed by atoms with van der Waals surface area (Å²) >= 11 is 0. The van der Waals surface area contributed by atoms with Gasteiger partial charge in [-0.1, -0.05) is 42.5 Å². The van der Waals surface area contributed by atoms with Crippen LogP contribution in [-0.4, -0.2) is 11.8 Å². The maximum absolute atomic E-state index is 13.0. The average molecular weight is 301 g/mol. The van der Waals surface area contributed by atoms with E-state index in [2.05, 4.69) is 12.1 Å². The van der Waals surface area contributed by atoms with Crippen molar-refractivity contribution < 1.29 is 9.59 Å². The highest BCUT2D eigenvalue weighted by atomic mass is 16.2. The second-order valence-corrected chi connectivity index (χ2v) is 6.49. The van der Waals surface area contributed by atoms with Crippen molar-refractivity contribution in [1.82, 2.24) is 0 Å². The summed E-state index contributed by atoms with van der Waals surface area (Å²) in [6.45, 7) is 0. The molecule has 0 N–H and O–H groups in total. The molecule has 0 unspecified atom stereocenters. The van der Waals surface area contributed by atoms with E-state index in [1.165, 1.54) is 16.0 Å². The molecule has 0 saturated carbocycles. The highest BCUT2D eigenvalue weighted by molar-refractivity contribution is 6.32. The average Bonchev–Trinajstić information content (AvgIpc) is 3.17. The number of anilines is 1. The number of hydrogen-bond acceptors (Lipinski definition) is 2. The van der Waals surface area contributed by atoms with Crippen molar-refractivity contribution in [2.45, 2.75) is 12.8 Å². The molecule has 2 aliphatic carbocycles. The summed E-state index contributed by atoms with van der Waals surface area (Å²) in [6.07, 6.45) is 1.73. The standard InChI is InChI=1S/C20H15NO2/c22-19-16-11-13-10-12-6-4-5-9-15(12)17(13)18(16)20(23)21(19)14-7-2-1-3-8-14/h1-9,13,16H,10-11H2/t13-,16+/m0/s1. The van der Waals surface area contributed by atoms with Gasteiger partial charge in [0.25, 0.3) is 5.91 Å². The van der Waals surface area contributed by atoms with E-state index in [-0.39, 0.29) is 17.7 Å². The molecule has 0 aromatic heterocycles. The Morgan fingerprint density at radius 2 is 1.61 bits per heavy atom. The second-order valence-electron chi connectivity index (χ2n) is 6.49. The van der Waals surface area contributed by atoms with Crippen molar-refractivity contribution in [3.63, 3.8) is 0 Å². The molecule has 23 heavy (non-hydrogen) atoms. The number of carbonyl (C=O) groups is 2. The van der Waals surface area contributed by atoms with Gasteiger partial charge in [-0.05, 0) is 47.6 Å². The molecule has 2 aromatic carbocycles. The smallest absolute Gasteiger partial charge is 0.262 e. The van der Waals surface area contributed by atoms with Gasteiger partial charge in [0, 0.05) is 5.57 Å². The maximum atomic E-state index is 13.0. The number of amides is 2. The van der Waals surface area contributed by atoms with Gasteiger partial charge in [-0.25, -0.2) is 4.90 Å².